The minimum absolute atomic E-state index is 0.0106. The molecule has 0 fully saturated rings. The number of nitrogens with one attached hydrogen (secondary N) is 1. The Balaban J connectivity index is 2.06. The molecule has 6 heteroatoms. The van der Waals surface area contributed by atoms with Crippen LogP contribution in [0.15, 0.2) is 30.9 Å². The van der Waals surface area contributed by atoms with Gasteiger partial charge >= 0.3 is 0 Å². The zero-order valence-electron chi connectivity index (χ0n) is 12.6. The van der Waals surface area contributed by atoms with E-state index in [4.69, 9.17) is 5.73 Å². The number of hydrogen-bond donors (Lipinski definition) is 2. The van der Waals surface area contributed by atoms with E-state index >= 15 is 0 Å². The molecular formula is C15H21N5O. The van der Waals surface area contributed by atoms with Crippen LogP contribution in [-0.4, -0.2) is 26.5 Å². The second kappa shape index (κ2) is 6.39. The largest absolute Gasteiger partial charge is 0.384 e. The normalized spacial score (nSPS) is 12.4. The highest BCUT2D eigenvalue weighted by Gasteiger charge is 2.13. The fraction of sp³-hybridized carbons (Fsp3) is 0.400. The maximum atomic E-state index is 12.3. The van der Waals surface area contributed by atoms with E-state index in [1.54, 1.807) is 24.7 Å². The Labute approximate surface area is 124 Å². The molecule has 0 saturated heterocycles. The average Bonchev–Trinajstić information content (AvgIpc) is 2.90. The number of aromatic nitrogens is 3. The number of carbonyl (C=O) groups is 1. The van der Waals surface area contributed by atoms with Crippen LogP contribution in [0.25, 0.3) is 0 Å². The number of nitrogens with zero attached hydrogens (tertiary/aromatic N) is 3. The van der Waals surface area contributed by atoms with E-state index in [1.807, 2.05) is 31.5 Å². The van der Waals surface area contributed by atoms with Crippen LogP contribution in [0.3, 0.4) is 0 Å². The van der Waals surface area contributed by atoms with Crippen molar-refractivity contribution in [1.29, 1.82) is 0 Å². The van der Waals surface area contributed by atoms with E-state index < -0.39 is 0 Å². The van der Waals surface area contributed by atoms with Gasteiger partial charge in [0.25, 0.3) is 5.91 Å². The first-order valence-corrected chi connectivity index (χ1v) is 6.99. The van der Waals surface area contributed by atoms with Crippen molar-refractivity contribution >= 4 is 11.7 Å². The molecule has 0 saturated carbocycles. The predicted octanol–water partition coefficient (Wildman–Crippen LogP) is 1.80. The van der Waals surface area contributed by atoms with Crippen LogP contribution in [0.4, 0.5) is 5.82 Å². The molecule has 6 nitrogen and oxygen atoms in total. The number of rotatable bonds is 5. The Kier molecular flexibility index (Phi) is 4.57. The van der Waals surface area contributed by atoms with Gasteiger partial charge in [0.1, 0.15) is 5.82 Å². The van der Waals surface area contributed by atoms with Crippen molar-refractivity contribution in [2.75, 3.05) is 5.73 Å². The van der Waals surface area contributed by atoms with Crippen LogP contribution < -0.4 is 11.1 Å². The highest BCUT2D eigenvalue weighted by atomic mass is 16.1. The van der Waals surface area contributed by atoms with Gasteiger partial charge in [0, 0.05) is 36.2 Å². The van der Waals surface area contributed by atoms with E-state index in [0.29, 0.717) is 17.9 Å². The summed E-state index contributed by atoms with van der Waals surface area (Å²) in [7, 11) is 0. The van der Waals surface area contributed by atoms with Crippen LogP contribution in [0.5, 0.6) is 0 Å². The van der Waals surface area contributed by atoms with E-state index in [-0.39, 0.29) is 17.9 Å². The smallest absolute Gasteiger partial charge is 0.251 e. The molecule has 0 radical (unpaired) electrons. The number of pyridine rings is 1. The molecular weight excluding hydrogens is 266 g/mol. The van der Waals surface area contributed by atoms with Gasteiger partial charge in [-0.3, -0.25) is 4.79 Å². The summed E-state index contributed by atoms with van der Waals surface area (Å²) in [5.74, 6) is 0.454. The summed E-state index contributed by atoms with van der Waals surface area (Å²) in [5, 5.41) is 2.96. The van der Waals surface area contributed by atoms with Crippen LogP contribution in [0.1, 0.15) is 42.7 Å². The maximum Gasteiger partial charge on any atom is 0.251 e. The molecule has 21 heavy (non-hydrogen) atoms. The van der Waals surface area contributed by atoms with Crippen LogP contribution in [-0.2, 0) is 6.54 Å². The Morgan fingerprint density at radius 2 is 2.14 bits per heavy atom. The number of anilines is 1. The van der Waals surface area contributed by atoms with Gasteiger partial charge in [0.15, 0.2) is 0 Å². The van der Waals surface area contributed by atoms with Crippen molar-refractivity contribution < 1.29 is 4.79 Å². The molecule has 2 heterocycles. The van der Waals surface area contributed by atoms with Gasteiger partial charge in [0.05, 0.1) is 6.33 Å². The molecule has 1 atom stereocenters. The van der Waals surface area contributed by atoms with Crippen molar-refractivity contribution in [3.63, 3.8) is 0 Å². The van der Waals surface area contributed by atoms with E-state index in [9.17, 15) is 4.79 Å². The van der Waals surface area contributed by atoms with Gasteiger partial charge in [0.2, 0.25) is 0 Å². The third-order valence-corrected chi connectivity index (χ3v) is 3.14. The summed E-state index contributed by atoms with van der Waals surface area (Å²) in [6.45, 7) is 6.66. The van der Waals surface area contributed by atoms with E-state index in [1.165, 1.54) is 0 Å². The molecule has 2 aromatic rings. The highest BCUT2D eigenvalue weighted by Crippen LogP contribution is 2.16. The number of amides is 1. The highest BCUT2D eigenvalue weighted by molar-refractivity contribution is 5.95. The molecule has 0 aliphatic carbocycles. The molecule has 0 bridgehead atoms. The summed E-state index contributed by atoms with van der Waals surface area (Å²) in [6.07, 6.45) is 5.31. The van der Waals surface area contributed by atoms with Gasteiger partial charge in [-0.25, -0.2) is 9.97 Å². The molecule has 1 unspecified atom stereocenters. The number of nitrogens with two attached hydrogens (primary N) is 1. The predicted molar refractivity (Wildman–Crippen MR) is 81.9 cm³/mol. The van der Waals surface area contributed by atoms with Gasteiger partial charge in [-0.1, -0.05) is 13.8 Å². The van der Waals surface area contributed by atoms with Gasteiger partial charge in [-0.2, -0.15) is 0 Å². The minimum Gasteiger partial charge on any atom is -0.384 e. The third kappa shape index (κ3) is 4.05. The average molecular weight is 287 g/mol. The van der Waals surface area contributed by atoms with Crippen LogP contribution in [0.2, 0.25) is 0 Å². The van der Waals surface area contributed by atoms with Crippen molar-refractivity contribution in [1.82, 2.24) is 19.9 Å². The van der Waals surface area contributed by atoms with Crippen molar-refractivity contribution in [2.45, 2.75) is 39.3 Å². The maximum absolute atomic E-state index is 12.3. The number of hydrogen-bond acceptors (Lipinski definition) is 4. The summed E-state index contributed by atoms with van der Waals surface area (Å²) in [6, 6.07) is 3.38. The molecule has 1 amide bonds. The molecule has 0 aliphatic rings. The van der Waals surface area contributed by atoms with Crippen molar-refractivity contribution in [2.24, 2.45) is 0 Å². The summed E-state index contributed by atoms with van der Waals surface area (Å²) < 4.78 is 1.92. The fourth-order valence-electron chi connectivity index (χ4n) is 2.06. The van der Waals surface area contributed by atoms with Crippen LogP contribution >= 0.6 is 0 Å². The van der Waals surface area contributed by atoms with E-state index in [2.05, 4.69) is 15.3 Å². The SMILES string of the molecule is CC(Cn1ccnc1)NC(=O)c1cc(N)nc(C(C)C)c1. The second-order valence-corrected chi connectivity index (χ2v) is 5.49. The standard InChI is InChI=1S/C15H21N5O/c1-10(2)13-6-12(7-14(16)19-13)15(21)18-11(3)8-20-5-4-17-9-20/h4-7,9-11H,8H2,1-3H3,(H2,16,19)(H,18,21). The Morgan fingerprint density at radius 1 is 1.38 bits per heavy atom. The van der Waals surface area contributed by atoms with Crippen molar-refractivity contribution in [3.8, 4) is 0 Å². The third-order valence-electron chi connectivity index (χ3n) is 3.14. The molecule has 0 aliphatic heterocycles. The first kappa shape index (κ1) is 15.0. The quantitative estimate of drug-likeness (QED) is 0.878. The molecule has 112 valence electrons. The first-order valence-electron chi connectivity index (χ1n) is 6.99. The second-order valence-electron chi connectivity index (χ2n) is 5.49. The molecule has 2 rings (SSSR count). The Morgan fingerprint density at radius 3 is 2.76 bits per heavy atom. The Hall–Kier alpha value is -2.37. The van der Waals surface area contributed by atoms with Crippen LogP contribution in [0, 0.1) is 0 Å². The first-order chi connectivity index (χ1) is 9.95. The van der Waals surface area contributed by atoms with E-state index in [0.717, 1.165) is 5.69 Å². The lowest BCUT2D eigenvalue weighted by Crippen LogP contribution is -2.35. The molecule has 2 aromatic heterocycles. The molecule has 0 spiro atoms. The summed E-state index contributed by atoms with van der Waals surface area (Å²) in [5.41, 5.74) is 7.14. The topological polar surface area (TPSA) is 85.8 Å². The van der Waals surface area contributed by atoms with Gasteiger partial charge in [-0.15, -0.1) is 0 Å². The fourth-order valence-corrected chi connectivity index (χ4v) is 2.06. The van der Waals surface area contributed by atoms with Gasteiger partial charge < -0.3 is 15.6 Å². The lowest BCUT2D eigenvalue weighted by Gasteiger charge is -2.15. The number of imidazole rings is 1. The summed E-state index contributed by atoms with van der Waals surface area (Å²) in [4.78, 5) is 20.5. The zero-order valence-corrected chi connectivity index (χ0v) is 12.6. The zero-order chi connectivity index (χ0) is 15.4. The number of nitrogen functional groups attached to an aromatic ring is 1. The molecule has 3 N–H and O–H groups in total. The van der Waals surface area contributed by atoms with Gasteiger partial charge in [-0.05, 0) is 25.0 Å². The number of carbonyl (C=O) groups excluding carboxylic acids is 1. The Bertz CT molecular complexity index is 607. The lowest BCUT2D eigenvalue weighted by molar-refractivity contribution is 0.0936. The van der Waals surface area contributed by atoms with Crippen molar-refractivity contribution in [3.05, 3.63) is 42.1 Å². The monoisotopic (exact) mass is 287 g/mol. The minimum atomic E-state index is -0.140. The molecule has 0 aromatic carbocycles. The summed E-state index contributed by atoms with van der Waals surface area (Å²) >= 11 is 0. The lowest BCUT2D eigenvalue weighted by atomic mass is 10.1.